The van der Waals surface area contributed by atoms with Gasteiger partial charge in [-0.1, -0.05) is 60.7 Å². The average molecular weight is 637 g/mol. The molecule has 3 aromatic rings. The third-order valence-electron chi connectivity index (χ3n) is 7.16. The Hall–Kier alpha value is -4.05. The fourth-order valence-corrected chi connectivity index (χ4v) is 7.20. The largest absolute Gasteiger partial charge is 0.497 e. The van der Waals surface area contributed by atoms with Gasteiger partial charge < -0.3 is 20.5 Å². The lowest BCUT2D eigenvalue weighted by molar-refractivity contribution is -0.118. The zero-order valence-electron chi connectivity index (χ0n) is 23.9. The number of ether oxygens (including phenoxy) is 2. The molecule has 0 saturated heterocycles. The van der Waals surface area contributed by atoms with Crippen molar-refractivity contribution in [1.82, 2.24) is 10.2 Å². The Kier molecular flexibility index (Phi) is 8.69. The number of hydrogen-bond donors (Lipinski definition) is 2. The highest BCUT2D eigenvalue weighted by molar-refractivity contribution is 8.01. The van der Waals surface area contributed by atoms with E-state index in [-0.39, 0.29) is 34.3 Å². The van der Waals surface area contributed by atoms with Gasteiger partial charge in [-0.15, -0.1) is 10.2 Å². The number of nitrogens with two attached hydrogens (primary N) is 1. The van der Waals surface area contributed by atoms with E-state index in [0.717, 1.165) is 5.56 Å². The van der Waals surface area contributed by atoms with Crippen LogP contribution in [0.25, 0.3) is 0 Å². The Morgan fingerprint density at radius 1 is 1.23 bits per heavy atom. The first-order chi connectivity index (χ1) is 20.5. The van der Waals surface area contributed by atoms with Crippen LogP contribution in [-0.4, -0.2) is 41.9 Å². The van der Waals surface area contributed by atoms with Gasteiger partial charge in [0.2, 0.25) is 11.0 Å². The van der Waals surface area contributed by atoms with Crippen molar-refractivity contribution in [3.8, 4) is 17.6 Å². The van der Waals surface area contributed by atoms with E-state index in [1.807, 2.05) is 19.9 Å². The van der Waals surface area contributed by atoms with E-state index in [2.05, 4.69) is 21.6 Å². The second-order valence-electron chi connectivity index (χ2n) is 10.8. The fourth-order valence-electron chi connectivity index (χ4n) is 5.32. The van der Waals surface area contributed by atoms with E-state index < -0.39 is 5.92 Å². The topological polar surface area (TPSA) is 143 Å². The van der Waals surface area contributed by atoms with Crippen molar-refractivity contribution in [2.75, 3.05) is 30.2 Å². The quantitative estimate of drug-likeness (QED) is 0.288. The normalized spacial score (nSPS) is 17.8. The molecule has 1 aliphatic carbocycles. The molecule has 0 radical (unpaired) electrons. The number of ketones is 1. The summed E-state index contributed by atoms with van der Waals surface area (Å²) in [6, 6.07) is 14.5. The molecule has 13 heteroatoms. The predicted octanol–water partition coefficient (Wildman–Crippen LogP) is 5.88. The molecular weight excluding hydrogens is 608 g/mol. The van der Waals surface area contributed by atoms with E-state index in [1.165, 1.54) is 30.2 Å². The summed E-state index contributed by atoms with van der Waals surface area (Å²) in [7, 11) is 3.06. The smallest absolute Gasteiger partial charge is 0.234 e. The minimum atomic E-state index is -0.641. The zero-order chi connectivity index (χ0) is 30.9. The molecule has 1 atom stereocenters. The summed E-state index contributed by atoms with van der Waals surface area (Å²) in [6.45, 7) is 4.05. The van der Waals surface area contributed by atoms with Crippen molar-refractivity contribution < 1.29 is 19.1 Å². The molecule has 2 aliphatic rings. The number of benzene rings is 2. The number of Topliss-reactive ketones (excluding diaryl/α,β-unsaturated/α-hetero) is 1. The highest BCUT2D eigenvalue weighted by atomic mass is 35.5. The van der Waals surface area contributed by atoms with Gasteiger partial charge in [-0.2, -0.15) is 5.26 Å². The number of nitrogens with one attached hydrogen (secondary N) is 1. The molecule has 10 nitrogen and oxygen atoms in total. The summed E-state index contributed by atoms with van der Waals surface area (Å²) in [5, 5.41) is 22.7. The summed E-state index contributed by atoms with van der Waals surface area (Å²) in [5.41, 5.74) is 9.01. The van der Waals surface area contributed by atoms with Crippen LogP contribution in [0.3, 0.4) is 0 Å². The van der Waals surface area contributed by atoms with Gasteiger partial charge in [-0.25, -0.2) is 0 Å². The number of methoxy groups -OCH3 is 2. The SMILES string of the molecule is COc1ccc(OC)c(NC(=O)CSc2nnc(N3C(N)=C(C#N)C(c4cccc(Cl)c4)C4=C3CC(C)(C)CC4=O)s2)c1. The Labute approximate surface area is 262 Å². The minimum Gasteiger partial charge on any atom is -0.497 e. The van der Waals surface area contributed by atoms with Crippen LogP contribution < -0.4 is 25.4 Å². The third kappa shape index (κ3) is 6.20. The lowest BCUT2D eigenvalue weighted by Crippen LogP contribution is -2.42. The highest BCUT2D eigenvalue weighted by Crippen LogP contribution is 2.51. The first-order valence-electron chi connectivity index (χ1n) is 13.2. The van der Waals surface area contributed by atoms with E-state index in [9.17, 15) is 14.9 Å². The second kappa shape index (κ2) is 12.3. The fraction of sp³-hybridized carbons (Fsp3) is 0.300. The summed E-state index contributed by atoms with van der Waals surface area (Å²) < 4.78 is 11.1. The number of carbonyl (C=O) groups is 2. The predicted molar refractivity (Wildman–Crippen MR) is 167 cm³/mol. The standard InChI is InChI=1S/C30H29ClN6O4S2/c1-30(2)12-21-26(22(38)13-30)25(16-6-5-7-17(31)10-16)19(14-32)27(33)37(21)28-35-36-29(43-28)42-15-24(39)34-20-11-18(40-3)8-9-23(20)41-4/h5-11,25H,12-13,15,33H2,1-4H3,(H,34,39). The molecular formula is C30H29ClN6O4S2. The van der Waals surface area contributed by atoms with Crippen LogP contribution in [-0.2, 0) is 9.59 Å². The average Bonchev–Trinajstić information content (AvgIpc) is 3.43. The Balaban J connectivity index is 1.44. The van der Waals surface area contributed by atoms with Crippen LogP contribution in [0.2, 0.25) is 5.02 Å². The van der Waals surface area contributed by atoms with Crippen LogP contribution in [0, 0.1) is 16.7 Å². The molecule has 1 aliphatic heterocycles. The molecule has 222 valence electrons. The maximum absolute atomic E-state index is 13.7. The number of rotatable bonds is 8. The van der Waals surface area contributed by atoms with Gasteiger partial charge in [0.15, 0.2) is 10.1 Å². The molecule has 3 N–H and O–H groups in total. The van der Waals surface area contributed by atoms with Crippen LogP contribution in [0.5, 0.6) is 11.5 Å². The lowest BCUT2D eigenvalue weighted by Gasteiger charge is -2.42. The number of aromatic nitrogens is 2. The van der Waals surface area contributed by atoms with Gasteiger partial charge in [0, 0.05) is 28.8 Å². The first-order valence-corrected chi connectivity index (χ1v) is 15.4. The zero-order valence-corrected chi connectivity index (χ0v) is 26.3. The highest BCUT2D eigenvalue weighted by Gasteiger charge is 2.45. The van der Waals surface area contributed by atoms with Crippen molar-refractivity contribution in [2.24, 2.45) is 11.1 Å². The monoisotopic (exact) mass is 636 g/mol. The van der Waals surface area contributed by atoms with Gasteiger partial charge in [0.05, 0.1) is 43.2 Å². The van der Waals surface area contributed by atoms with Crippen molar-refractivity contribution >= 4 is 57.2 Å². The van der Waals surface area contributed by atoms with E-state index in [0.29, 0.717) is 55.8 Å². The number of carbonyl (C=O) groups excluding carboxylic acids is 2. The van der Waals surface area contributed by atoms with Crippen molar-refractivity contribution in [3.63, 3.8) is 0 Å². The van der Waals surface area contributed by atoms with Gasteiger partial charge in [-0.05, 0) is 41.7 Å². The second-order valence-corrected chi connectivity index (χ2v) is 13.4. The Morgan fingerprint density at radius 2 is 2.02 bits per heavy atom. The molecule has 0 spiro atoms. The lowest BCUT2D eigenvalue weighted by atomic mass is 9.69. The first kappa shape index (κ1) is 30.4. The van der Waals surface area contributed by atoms with Gasteiger partial charge in [-0.3, -0.25) is 14.5 Å². The van der Waals surface area contributed by atoms with E-state index in [4.69, 9.17) is 26.8 Å². The summed E-state index contributed by atoms with van der Waals surface area (Å²) in [4.78, 5) is 28.2. The molecule has 2 aromatic carbocycles. The summed E-state index contributed by atoms with van der Waals surface area (Å²) in [6.07, 6.45) is 0.872. The number of allylic oxidation sites excluding steroid dienone is 3. The van der Waals surface area contributed by atoms with Crippen LogP contribution in [0.15, 0.2) is 69.5 Å². The molecule has 0 bridgehead atoms. The molecule has 43 heavy (non-hydrogen) atoms. The summed E-state index contributed by atoms with van der Waals surface area (Å²) in [5.74, 6) is 0.363. The van der Waals surface area contributed by atoms with Gasteiger partial charge >= 0.3 is 0 Å². The van der Waals surface area contributed by atoms with Crippen molar-refractivity contribution in [1.29, 1.82) is 5.26 Å². The maximum Gasteiger partial charge on any atom is 0.234 e. The van der Waals surface area contributed by atoms with Crippen LogP contribution in [0.4, 0.5) is 10.8 Å². The number of amides is 1. The minimum absolute atomic E-state index is 0.0507. The molecule has 2 heterocycles. The van der Waals surface area contributed by atoms with Crippen molar-refractivity contribution in [2.45, 2.75) is 36.9 Å². The number of nitriles is 1. The number of thioether (sulfide) groups is 1. The van der Waals surface area contributed by atoms with Crippen LogP contribution >= 0.6 is 34.7 Å². The molecule has 1 aromatic heterocycles. The Morgan fingerprint density at radius 3 is 2.72 bits per heavy atom. The van der Waals surface area contributed by atoms with Gasteiger partial charge in [0.1, 0.15) is 17.3 Å². The molecule has 0 fully saturated rings. The number of nitrogens with zero attached hydrogens (tertiary/aromatic N) is 4. The van der Waals surface area contributed by atoms with Gasteiger partial charge in [0.25, 0.3) is 0 Å². The van der Waals surface area contributed by atoms with E-state index >= 15 is 0 Å². The maximum atomic E-state index is 13.7. The number of anilines is 2. The number of halogens is 1. The summed E-state index contributed by atoms with van der Waals surface area (Å²) >= 11 is 8.73. The molecule has 5 rings (SSSR count). The molecule has 1 amide bonds. The van der Waals surface area contributed by atoms with Crippen LogP contribution in [0.1, 0.15) is 38.2 Å². The number of hydrogen-bond acceptors (Lipinski definition) is 11. The molecule has 1 unspecified atom stereocenters. The third-order valence-corrected chi connectivity index (χ3v) is 9.43. The van der Waals surface area contributed by atoms with E-state index in [1.54, 1.807) is 48.4 Å². The Bertz CT molecular complexity index is 1710. The van der Waals surface area contributed by atoms with Crippen molar-refractivity contribution in [3.05, 3.63) is 75.7 Å². The molecule has 0 saturated carbocycles.